The largest absolute Gasteiger partial charge is 0.478 e. The van der Waals surface area contributed by atoms with Crippen molar-refractivity contribution in [2.75, 3.05) is 17.2 Å². The van der Waals surface area contributed by atoms with Gasteiger partial charge in [-0.1, -0.05) is 68.5 Å². The molecule has 0 unspecified atom stereocenters. The molecule has 236 valence electrons. The Balaban J connectivity index is 1.19. The molecule has 0 atom stereocenters. The van der Waals surface area contributed by atoms with Gasteiger partial charge in [0.25, 0.3) is 5.91 Å². The molecule has 46 heavy (non-hydrogen) atoms. The van der Waals surface area contributed by atoms with Crippen LogP contribution in [0.15, 0.2) is 72.8 Å². The summed E-state index contributed by atoms with van der Waals surface area (Å²) in [7, 11) is 0. The molecule has 1 aliphatic heterocycles. The molecule has 3 aliphatic rings. The lowest BCUT2D eigenvalue weighted by molar-refractivity contribution is -0.131. The van der Waals surface area contributed by atoms with Gasteiger partial charge in [-0.2, -0.15) is 0 Å². The van der Waals surface area contributed by atoms with Crippen molar-refractivity contribution in [2.24, 2.45) is 0 Å². The van der Waals surface area contributed by atoms with Gasteiger partial charge in [0.1, 0.15) is 5.54 Å². The molecule has 7 rings (SSSR count). The highest BCUT2D eigenvalue weighted by atomic mass is 16.4. The number of aromatic nitrogens is 1. The number of para-hydroxylation sites is 1. The van der Waals surface area contributed by atoms with E-state index in [1.54, 1.807) is 24.3 Å². The van der Waals surface area contributed by atoms with Gasteiger partial charge in [0.15, 0.2) is 0 Å². The van der Waals surface area contributed by atoms with Crippen LogP contribution < -0.4 is 16.0 Å². The molecule has 8 nitrogen and oxygen atoms in total. The van der Waals surface area contributed by atoms with Crippen molar-refractivity contribution < 1.29 is 19.5 Å². The van der Waals surface area contributed by atoms with Gasteiger partial charge < -0.3 is 25.6 Å². The number of aliphatic carboxylic acids is 1. The number of nitrogens with zero attached hydrogens (tertiary/aromatic N) is 1. The molecule has 2 amide bonds. The first-order valence-electron chi connectivity index (χ1n) is 16.6. The molecular formula is C38H40N4O4. The van der Waals surface area contributed by atoms with Crippen molar-refractivity contribution >= 4 is 46.1 Å². The van der Waals surface area contributed by atoms with E-state index in [0.29, 0.717) is 35.6 Å². The Morgan fingerprint density at radius 1 is 0.913 bits per heavy atom. The van der Waals surface area contributed by atoms with Crippen LogP contribution in [-0.2, 0) is 16.1 Å². The number of anilines is 2. The summed E-state index contributed by atoms with van der Waals surface area (Å²) in [4.78, 5) is 38.5. The van der Waals surface area contributed by atoms with Crippen LogP contribution in [0.25, 0.3) is 28.2 Å². The Kier molecular flexibility index (Phi) is 8.11. The minimum absolute atomic E-state index is 0.230. The van der Waals surface area contributed by atoms with Crippen LogP contribution in [0.2, 0.25) is 0 Å². The summed E-state index contributed by atoms with van der Waals surface area (Å²) in [5.41, 5.74) is 7.00. The van der Waals surface area contributed by atoms with E-state index in [4.69, 9.17) is 5.11 Å². The lowest BCUT2D eigenvalue weighted by Crippen LogP contribution is -2.55. The third-order valence-electron chi connectivity index (χ3n) is 10.0. The summed E-state index contributed by atoms with van der Waals surface area (Å²) in [5, 5.41) is 19.9. The zero-order chi connectivity index (χ0) is 31.7. The van der Waals surface area contributed by atoms with Gasteiger partial charge in [-0.3, -0.25) is 9.59 Å². The molecule has 4 N–H and O–H groups in total. The SMILES string of the molecule is O=C(O)/C=C/c1ccc(NC(=O)C2(NC(=O)c3ccc4c(C5CCCCC5)c5n(c4c3)CCNc3ccccc3-5)CCCC2)cc1. The molecule has 8 heteroatoms. The van der Waals surface area contributed by atoms with Gasteiger partial charge in [0, 0.05) is 52.6 Å². The second-order valence-corrected chi connectivity index (χ2v) is 12.9. The van der Waals surface area contributed by atoms with Crippen molar-refractivity contribution in [3.8, 4) is 11.3 Å². The molecule has 0 spiro atoms. The van der Waals surface area contributed by atoms with Crippen molar-refractivity contribution in [1.29, 1.82) is 0 Å². The number of hydrogen-bond donors (Lipinski definition) is 4. The molecule has 0 radical (unpaired) electrons. The zero-order valence-electron chi connectivity index (χ0n) is 26.0. The third kappa shape index (κ3) is 5.68. The third-order valence-corrected chi connectivity index (χ3v) is 10.0. The fraction of sp³-hybridized carbons (Fsp3) is 0.342. The number of fused-ring (bicyclic) bond motifs is 5. The van der Waals surface area contributed by atoms with Crippen molar-refractivity contribution in [1.82, 2.24) is 9.88 Å². The van der Waals surface area contributed by atoms with Crippen LogP contribution in [0.3, 0.4) is 0 Å². The highest BCUT2D eigenvalue weighted by Crippen LogP contribution is 2.46. The van der Waals surface area contributed by atoms with Crippen LogP contribution in [0, 0.1) is 0 Å². The van der Waals surface area contributed by atoms with Gasteiger partial charge in [0.05, 0.1) is 5.69 Å². The van der Waals surface area contributed by atoms with Crippen LogP contribution in [0.5, 0.6) is 0 Å². The van der Waals surface area contributed by atoms with E-state index in [1.165, 1.54) is 60.4 Å². The molecule has 4 aromatic rings. The summed E-state index contributed by atoms with van der Waals surface area (Å²) < 4.78 is 2.41. The quantitative estimate of drug-likeness (QED) is 0.160. The molecule has 2 heterocycles. The average Bonchev–Trinajstić information content (AvgIpc) is 3.62. The average molecular weight is 617 g/mol. The van der Waals surface area contributed by atoms with E-state index in [0.717, 1.165) is 43.2 Å². The predicted octanol–water partition coefficient (Wildman–Crippen LogP) is 7.56. The van der Waals surface area contributed by atoms with Gasteiger partial charge in [-0.05, 0) is 79.1 Å². The first-order chi connectivity index (χ1) is 22.4. The number of carboxylic acid groups (broad SMARTS) is 1. The van der Waals surface area contributed by atoms with E-state index in [2.05, 4.69) is 50.8 Å². The first-order valence-corrected chi connectivity index (χ1v) is 16.6. The zero-order valence-corrected chi connectivity index (χ0v) is 26.0. The maximum Gasteiger partial charge on any atom is 0.328 e. The first kappa shape index (κ1) is 29.8. The minimum atomic E-state index is -1.02. The minimum Gasteiger partial charge on any atom is -0.478 e. The number of amides is 2. The Bertz CT molecular complexity index is 1830. The number of rotatable bonds is 7. The second-order valence-electron chi connectivity index (χ2n) is 12.9. The second kappa shape index (κ2) is 12.5. The maximum absolute atomic E-state index is 14.0. The summed E-state index contributed by atoms with van der Waals surface area (Å²) in [6.07, 6.45) is 11.6. The monoisotopic (exact) mass is 616 g/mol. The normalized spacial score (nSPS) is 17.6. The lowest BCUT2D eigenvalue weighted by atomic mass is 9.81. The number of benzene rings is 3. The molecule has 1 aromatic heterocycles. The number of hydrogen-bond acceptors (Lipinski definition) is 4. The molecule has 2 aliphatic carbocycles. The molecule has 3 aromatic carbocycles. The molecule has 0 bridgehead atoms. The van der Waals surface area contributed by atoms with Crippen LogP contribution >= 0.6 is 0 Å². The lowest BCUT2D eigenvalue weighted by Gasteiger charge is -2.29. The van der Waals surface area contributed by atoms with E-state index in [1.807, 2.05) is 12.1 Å². The van der Waals surface area contributed by atoms with E-state index in [9.17, 15) is 14.4 Å². The molecular weight excluding hydrogens is 576 g/mol. The molecule has 2 fully saturated rings. The van der Waals surface area contributed by atoms with Crippen molar-refractivity contribution in [3.63, 3.8) is 0 Å². The Morgan fingerprint density at radius 2 is 1.67 bits per heavy atom. The Labute approximate surface area is 268 Å². The maximum atomic E-state index is 14.0. The topological polar surface area (TPSA) is 112 Å². The molecule has 0 saturated heterocycles. The van der Waals surface area contributed by atoms with E-state index < -0.39 is 11.5 Å². The number of nitrogens with one attached hydrogen (secondary N) is 3. The number of carboxylic acids is 1. The van der Waals surface area contributed by atoms with E-state index >= 15 is 0 Å². The summed E-state index contributed by atoms with van der Waals surface area (Å²) in [5.74, 6) is -0.997. The Morgan fingerprint density at radius 3 is 2.43 bits per heavy atom. The van der Waals surface area contributed by atoms with Crippen LogP contribution in [0.4, 0.5) is 11.4 Å². The standard InChI is InChI=1S/C38H40N4O4/c43-33(44)19-14-25-12-16-28(17-13-25)40-37(46)38(20-6-7-21-38)41-36(45)27-15-18-30-32(24-27)42-23-22-39-31-11-5-4-10-29(31)35(42)34(30)26-8-2-1-3-9-26/h4-5,10-19,24,26,39H,1-3,6-9,20-23H2,(H,40,46)(H,41,45)(H,43,44)/b19-14+. The summed E-state index contributed by atoms with van der Waals surface area (Å²) in [6.45, 7) is 1.60. The smallest absolute Gasteiger partial charge is 0.328 e. The van der Waals surface area contributed by atoms with Gasteiger partial charge in [0.2, 0.25) is 5.91 Å². The summed E-state index contributed by atoms with van der Waals surface area (Å²) in [6, 6.07) is 21.6. The summed E-state index contributed by atoms with van der Waals surface area (Å²) >= 11 is 0. The Hall–Kier alpha value is -4.85. The van der Waals surface area contributed by atoms with Gasteiger partial charge in [-0.25, -0.2) is 4.79 Å². The van der Waals surface area contributed by atoms with Crippen LogP contribution in [-0.4, -0.2) is 39.5 Å². The highest BCUT2D eigenvalue weighted by Gasteiger charge is 2.43. The van der Waals surface area contributed by atoms with Gasteiger partial charge in [-0.15, -0.1) is 0 Å². The highest BCUT2D eigenvalue weighted by molar-refractivity contribution is 6.06. The van der Waals surface area contributed by atoms with Crippen LogP contribution in [0.1, 0.15) is 85.2 Å². The van der Waals surface area contributed by atoms with Crippen molar-refractivity contribution in [2.45, 2.75) is 75.8 Å². The predicted molar refractivity (Wildman–Crippen MR) is 182 cm³/mol. The van der Waals surface area contributed by atoms with Crippen molar-refractivity contribution in [3.05, 3.63) is 89.5 Å². The number of carbonyl (C=O) groups is 3. The fourth-order valence-corrected chi connectivity index (χ4v) is 7.76. The van der Waals surface area contributed by atoms with Gasteiger partial charge >= 0.3 is 5.97 Å². The molecule has 2 saturated carbocycles. The fourth-order valence-electron chi connectivity index (χ4n) is 7.76. The number of carbonyl (C=O) groups excluding carboxylic acids is 2. The van der Waals surface area contributed by atoms with E-state index in [-0.39, 0.29) is 11.8 Å².